The summed E-state index contributed by atoms with van der Waals surface area (Å²) in [5, 5.41) is 0. The van der Waals surface area contributed by atoms with Crippen molar-refractivity contribution >= 4 is 11.8 Å². The highest BCUT2D eigenvalue weighted by molar-refractivity contribution is 5.82. The van der Waals surface area contributed by atoms with Gasteiger partial charge < -0.3 is 0 Å². The van der Waals surface area contributed by atoms with E-state index in [2.05, 4.69) is 11.6 Å². The summed E-state index contributed by atoms with van der Waals surface area (Å²) in [6, 6.07) is 18.9. The van der Waals surface area contributed by atoms with Crippen LogP contribution in [0.5, 0.6) is 0 Å². The van der Waals surface area contributed by atoms with Gasteiger partial charge in [-0.15, -0.1) is 0 Å². The molecule has 0 unspecified atom stereocenters. The van der Waals surface area contributed by atoms with E-state index < -0.39 is 5.83 Å². The molecule has 0 radical (unpaired) electrons. The predicted octanol–water partition coefficient (Wildman–Crippen LogP) is 4.63. The number of nitrogens with zero attached hydrogens (tertiary/aromatic N) is 1. The Hall–Kier alpha value is -2.48. The minimum Gasteiger partial charge on any atom is -0.263 e. The highest BCUT2D eigenvalue weighted by atomic mass is 19.1. The summed E-state index contributed by atoms with van der Waals surface area (Å²) in [6.45, 7) is 3.35. The van der Waals surface area contributed by atoms with Gasteiger partial charge in [0.1, 0.15) is 5.83 Å². The topological polar surface area (TPSA) is 12.4 Å². The van der Waals surface area contributed by atoms with E-state index in [1.807, 2.05) is 60.7 Å². The number of aliphatic imine (C=N–C) groups is 1. The molecule has 0 atom stereocenters. The second-order valence-electron chi connectivity index (χ2n) is 4.00. The Labute approximate surface area is 112 Å². The van der Waals surface area contributed by atoms with Crippen molar-refractivity contribution < 1.29 is 4.39 Å². The third kappa shape index (κ3) is 3.75. The Bertz CT molecular complexity index is 598. The van der Waals surface area contributed by atoms with Crippen molar-refractivity contribution in [3.05, 3.63) is 90.4 Å². The fourth-order valence-electron chi connectivity index (χ4n) is 1.66. The first kappa shape index (κ1) is 13.0. The van der Waals surface area contributed by atoms with E-state index in [-0.39, 0.29) is 0 Å². The number of hydrogen-bond acceptors (Lipinski definition) is 1. The summed E-state index contributed by atoms with van der Waals surface area (Å²) in [5.74, 6) is -0.489. The van der Waals surface area contributed by atoms with E-state index in [0.29, 0.717) is 5.57 Å². The predicted molar refractivity (Wildman–Crippen MR) is 78.7 cm³/mol. The van der Waals surface area contributed by atoms with Crippen molar-refractivity contribution in [1.29, 1.82) is 0 Å². The van der Waals surface area contributed by atoms with Gasteiger partial charge in [0, 0.05) is 18.0 Å². The molecule has 0 N–H and O–H groups in total. The SMILES string of the molecule is C=C(F)/C(=C/N=Cc1ccccc1)c1ccccc1. The van der Waals surface area contributed by atoms with E-state index in [1.54, 1.807) is 6.21 Å². The molecular weight excluding hydrogens is 237 g/mol. The molecule has 2 rings (SSSR count). The van der Waals surface area contributed by atoms with Crippen molar-refractivity contribution in [1.82, 2.24) is 0 Å². The molecule has 1 nitrogen and oxygen atoms in total. The van der Waals surface area contributed by atoms with Crippen LogP contribution >= 0.6 is 0 Å². The smallest absolute Gasteiger partial charge is 0.125 e. The van der Waals surface area contributed by atoms with Crippen LogP contribution in [0.1, 0.15) is 11.1 Å². The van der Waals surface area contributed by atoms with E-state index in [1.165, 1.54) is 6.20 Å². The van der Waals surface area contributed by atoms with Crippen molar-refractivity contribution in [3.63, 3.8) is 0 Å². The molecule has 0 bridgehead atoms. The monoisotopic (exact) mass is 251 g/mol. The van der Waals surface area contributed by atoms with E-state index >= 15 is 0 Å². The van der Waals surface area contributed by atoms with Gasteiger partial charge in [-0.25, -0.2) is 4.39 Å². The maximum Gasteiger partial charge on any atom is 0.125 e. The van der Waals surface area contributed by atoms with Gasteiger partial charge in [0.25, 0.3) is 0 Å². The van der Waals surface area contributed by atoms with Crippen LogP contribution in [0, 0.1) is 0 Å². The highest BCUT2D eigenvalue weighted by Gasteiger charge is 2.03. The van der Waals surface area contributed by atoms with E-state index in [0.717, 1.165) is 11.1 Å². The lowest BCUT2D eigenvalue weighted by Gasteiger charge is -2.02. The summed E-state index contributed by atoms with van der Waals surface area (Å²) < 4.78 is 13.4. The molecule has 19 heavy (non-hydrogen) atoms. The fourth-order valence-corrected chi connectivity index (χ4v) is 1.66. The molecule has 2 aromatic rings. The maximum absolute atomic E-state index is 13.4. The van der Waals surface area contributed by atoms with Crippen LogP contribution in [0.25, 0.3) is 5.57 Å². The molecule has 94 valence electrons. The molecule has 2 aromatic carbocycles. The van der Waals surface area contributed by atoms with Crippen molar-refractivity contribution in [3.8, 4) is 0 Å². The lowest BCUT2D eigenvalue weighted by Crippen LogP contribution is -1.84. The molecule has 0 amide bonds. The average Bonchev–Trinajstić information content (AvgIpc) is 2.45. The lowest BCUT2D eigenvalue weighted by atomic mass is 10.1. The molecule has 0 spiro atoms. The molecular formula is C17H14FN. The van der Waals surface area contributed by atoms with Gasteiger partial charge in [-0.05, 0) is 11.1 Å². The number of allylic oxidation sites excluding steroid dienone is 2. The Morgan fingerprint density at radius 1 is 0.947 bits per heavy atom. The van der Waals surface area contributed by atoms with Crippen LogP contribution in [-0.2, 0) is 0 Å². The van der Waals surface area contributed by atoms with Crippen molar-refractivity contribution in [2.45, 2.75) is 0 Å². The standard InChI is InChI=1S/C17H14FN/c1-14(18)17(16-10-6-3-7-11-16)13-19-12-15-8-4-2-5-9-15/h2-13H,1H2/b17-13-,19-12?. The first-order valence-corrected chi connectivity index (χ1v) is 5.96. The number of halogens is 1. The molecule has 0 saturated carbocycles. The Morgan fingerprint density at radius 3 is 2.11 bits per heavy atom. The van der Waals surface area contributed by atoms with Crippen molar-refractivity contribution in [2.75, 3.05) is 0 Å². The van der Waals surface area contributed by atoms with Crippen LogP contribution < -0.4 is 0 Å². The zero-order valence-corrected chi connectivity index (χ0v) is 10.5. The Kier molecular flexibility index (Phi) is 4.40. The van der Waals surface area contributed by atoms with Crippen LogP contribution in [-0.4, -0.2) is 6.21 Å². The van der Waals surface area contributed by atoms with Crippen LogP contribution in [0.2, 0.25) is 0 Å². The summed E-state index contributed by atoms with van der Waals surface area (Å²) in [4.78, 5) is 4.15. The Morgan fingerprint density at radius 2 is 1.53 bits per heavy atom. The number of benzene rings is 2. The third-order valence-electron chi connectivity index (χ3n) is 2.60. The quantitative estimate of drug-likeness (QED) is 0.555. The van der Waals surface area contributed by atoms with Crippen LogP contribution in [0.3, 0.4) is 0 Å². The molecule has 0 aliphatic carbocycles. The van der Waals surface area contributed by atoms with Gasteiger partial charge in [-0.3, -0.25) is 4.99 Å². The van der Waals surface area contributed by atoms with Gasteiger partial charge in [0.05, 0.1) is 0 Å². The molecule has 0 heterocycles. The minimum absolute atomic E-state index is 0.396. The van der Waals surface area contributed by atoms with Gasteiger partial charge in [-0.1, -0.05) is 67.2 Å². The average molecular weight is 251 g/mol. The normalized spacial score (nSPS) is 11.7. The number of rotatable bonds is 4. The Balaban J connectivity index is 2.24. The maximum atomic E-state index is 13.4. The zero-order chi connectivity index (χ0) is 13.5. The second-order valence-corrected chi connectivity index (χ2v) is 4.00. The fraction of sp³-hybridized carbons (Fsp3) is 0. The van der Waals surface area contributed by atoms with Gasteiger partial charge >= 0.3 is 0 Å². The van der Waals surface area contributed by atoms with Gasteiger partial charge in [0.2, 0.25) is 0 Å². The number of hydrogen-bond donors (Lipinski definition) is 0. The molecule has 0 aliphatic heterocycles. The van der Waals surface area contributed by atoms with Gasteiger partial charge in [0.15, 0.2) is 0 Å². The molecule has 0 aliphatic rings. The van der Waals surface area contributed by atoms with Gasteiger partial charge in [-0.2, -0.15) is 0 Å². The highest BCUT2D eigenvalue weighted by Crippen LogP contribution is 2.22. The minimum atomic E-state index is -0.489. The largest absolute Gasteiger partial charge is 0.263 e. The van der Waals surface area contributed by atoms with E-state index in [4.69, 9.17) is 0 Å². The lowest BCUT2D eigenvalue weighted by molar-refractivity contribution is 0.678. The van der Waals surface area contributed by atoms with Crippen molar-refractivity contribution in [2.24, 2.45) is 4.99 Å². The third-order valence-corrected chi connectivity index (χ3v) is 2.60. The molecule has 2 heteroatoms. The summed E-state index contributed by atoms with van der Waals surface area (Å²) in [6.07, 6.45) is 3.18. The zero-order valence-electron chi connectivity index (χ0n) is 10.5. The van der Waals surface area contributed by atoms with Crippen LogP contribution in [0.4, 0.5) is 4.39 Å². The first-order chi connectivity index (χ1) is 9.27. The first-order valence-electron chi connectivity index (χ1n) is 5.96. The summed E-state index contributed by atoms with van der Waals surface area (Å²) in [7, 11) is 0. The van der Waals surface area contributed by atoms with Crippen LogP contribution in [0.15, 0.2) is 84.3 Å². The molecule has 0 fully saturated rings. The van der Waals surface area contributed by atoms with E-state index in [9.17, 15) is 4.39 Å². The summed E-state index contributed by atoms with van der Waals surface area (Å²) >= 11 is 0. The molecule has 0 aromatic heterocycles. The summed E-state index contributed by atoms with van der Waals surface area (Å²) in [5.41, 5.74) is 2.13. The molecule has 0 saturated heterocycles. The second kappa shape index (κ2) is 6.45.